The molecule has 3 aliphatic rings. The number of fused-ring (bicyclic) bond motifs is 2. The molecule has 0 aliphatic carbocycles. The van der Waals surface area contributed by atoms with E-state index >= 15 is 24.0 Å². The molecule has 47 heteroatoms. The van der Waals surface area contributed by atoms with E-state index in [-0.39, 0.29) is 96.0 Å². The van der Waals surface area contributed by atoms with E-state index in [1.54, 1.807) is 133 Å². The van der Waals surface area contributed by atoms with Crippen molar-refractivity contribution in [2.24, 2.45) is 40.9 Å². The molecule has 4 aromatic rings. The summed E-state index contributed by atoms with van der Waals surface area (Å²) in [6, 6.07) is -3.50. The Bertz CT molecular complexity index is 5050. The first-order valence-electron chi connectivity index (χ1n) is 47.2. The molecule has 0 bridgehead atoms. The fraction of sp³-hybridized carbons (Fsp3) is 0.553. The molecule has 7 rings (SSSR count). The normalized spacial score (nSPS) is 26.1. The van der Waals surface area contributed by atoms with Crippen LogP contribution in [0.4, 0.5) is 0 Å². The summed E-state index contributed by atoms with van der Waals surface area (Å²) < 4.78 is 0. The van der Waals surface area contributed by atoms with Gasteiger partial charge < -0.3 is 132 Å². The summed E-state index contributed by atoms with van der Waals surface area (Å²) in [5.41, 5.74) is 18.6. The zero-order chi connectivity index (χ0) is 104. The molecule has 4 heterocycles. The van der Waals surface area contributed by atoms with Gasteiger partial charge in [0.2, 0.25) is 112 Å². The first-order valence-corrected chi connectivity index (χ1v) is 47.2. The van der Waals surface area contributed by atoms with Crippen LogP contribution in [0.5, 0.6) is 0 Å². The number of primary amides is 2. The van der Waals surface area contributed by atoms with E-state index in [0.717, 1.165) is 30.6 Å². The molecule has 0 unspecified atom stereocenters. The van der Waals surface area contributed by atoms with Gasteiger partial charge in [0, 0.05) is 57.9 Å². The van der Waals surface area contributed by atoms with Crippen molar-refractivity contribution < 1.29 is 111 Å². The number of carboxylic acid groups (broad SMARTS) is 1. The molecule has 47 nitrogen and oxygen atoms in total. The first kappa shape index (κ1) is 113. The number of nitrogens with one attached hydrogen (secondary N) is 18. The van der Waals surface area contributed by atoms with Crippen molar-refractivity contribution in [3.63, 3.8) is 0 Å². The highest BCUT2D eigenvalue weighted by Gasteiger charge is 2.47. The number of carbonyl (C=O) groups is 20. The Hall–Kier alpha value is -14.5. The second kappa shape index (κ2) is 54.7. The van der Waals surface area contributed by atoms with Gasteiger partial charge in [0.05, 0.1) is 37.1 Å². The predicted octanol–water partition coefficient (Wildman–Crippen LogP) is -5.38. The molecular weight excluding hydrogens is 1830 g/mol. The van der Waals surface area contributed by atoms with Crippen LogP contribution in [0.2, 0.25) is 0 Å². The number of aliphatic carboxylic acids is 1. The maximum atomic E-state index is 15.4. The number of carboxylic acids is 1. The molecule has 770 valence electrons. The van der Waals surface area contributed by atoms with Crippen molar-refractivity contribution in [2.75, 3.05) is 19.6 Å². The summed E-state index contributed by atoms with van der Waals surface area (Å²) in [5, 5.41) is 81.0. The predicted molar refractivity (Wildman–Crippen MR) is 508 cm³/mol. The molecule has 0 radical (unpaired) electrons. The van der Waals surface area contributed by atoms with E-state index in [1.165, 1.54) is 26.4 Å². The van der Waals surface area contributed by atoms with Crippen molar-refractivity contribution in [3.8, 4) is 0 Å². The number of imidazole rings is 1. The Morgan fingerprint density at radius 3 is 1.18 bits per heavy atom. The topological polar surface area (TPSA) is 732 Å². The lowest BCUT2D eigenvalue weighted by molar-refractivity contribution is -0.145. The third-order valence-corrected chi connectivity index (χ3v) is 24.4. The number of nitrogens with zero attached hydrogens (tertiary/aromatic N) is 3. The maximum Gasteiger partial charge on any atom is 0.303 e. The van der Waals surface area contributed by atoms with Crippen molar-refractivity contribution in [1.82, 2.24) is 105 Å². The Labute approximate surface area is 815 Å². The van der Waals surface area contributed by atoms with Crippen LogP contribution in [-0.2, 0) is 122 Å². The number of H-pyrrole nitrogens is 1. The average molecular weight is 1970 g/mol. The summed E-state index contributed by atoms with van der Waals surface area (Å²) in [4.78, 5) is 299. The standard InChI is InChI=1S/C94H136N24O23/c1-12-50(8)74-90(138)113-73(49(6)7)89(137)115-75(52(10)119)91(139)102-51(9)77(125)103-58(31-22-36-100-94(97)98)79(127)116-76(53(11)120)93(141)118-38-24-32-66(118)85(133)104-59(34-35-70(123)124)78(126)110-65(44-69(96)122)92(140)117-37-23-33-67(117)86(134)111-72(48(4)5)88(136)112-71(47(2)3)87(135)109-63(42-57-45-99-46-101-57)83(131)107-61(40-55-27-18-14-19-28-55)81(129)105-60(39-54-25-16-13-17-26-54)80(128)106-62(41-56-29-20-15-21-30-56)82(130)108-64(43-68(95)121)84(132)114-74/h13-21,25-30,45-53,58-67,71-76,119-120H,12,22-24,31-44H2,1-11H3,(H2,95,121)(H2,96,122)(H,99,101)(H,102,139)(H,103,125)(H,104,133)(H,105,129)(H,106,128)(H,107,131)(H,108,130)(H,109,135)(H,110,126)(H,111,134)(H,112,136)(H,113,138)(H,114,132)(H,115,137)(H,116,127)(H,123,124)(H4,97,98,100)/t50-,51-,52+,53+,58-,59-,60-,61-,62-,63-,64-,65-,66-,67-,71-,72-,73-,74-,75-,76-/m0/s1. The third-order valence-electron chi connectivity index (χ3n) is 24.4. The number of rotatable bonds is 26. The fourth-order valence-electron chi connectivity index (χ4n) is 16.3. The maximum absolute atomic E-state index is 15.4. The Balaban J connectivity index is 1.29. The number of aliphatic hydroxyl groups excluding tert-OH is 2. The summed E-state index contributed by atoms with van der Waals surface area (Å²) in [7, 11) is 0. The molecular formula is C94H136N24O23. The number of hydrogen-bond acceptors (Lipinski definition) is 24. The van der Waals surface area contributed by atoms with E-state index in [9.17, 15) is 87.2 Å². The van der Waals surface area contributed by atoms with Gasteiger partial charge in [-0.3, -0.25) is 101 Å². The quantitative estimate of drug-likeness (QED) is 0.0159. The lowest BCUT2D eigenvalue weighted by atomic mass is 9.95. The number of aromatic nitrogens is 2. The van der Waals surface area contributed by atoms with Crippen molar-refractivity contribution in [1.29, 1.82) is 5.41 Å². The highest BCUT2D eigenvalue weighted by molar-refractivity contribution is 6.03. The zero-order valence-corrected chi connectivity index (χ0v) is 80.9. The van der Waals surface area contributed by atoms with Crippen LogP contribution in [0.25, 0.3) is 0 Å². The Morgan fingerprint density at radius 2 is 0.752 bits per heavy atom. The monoisotopic (exact) mass is 1970 g/mol. The van der Waals surface area contributed by atoms with E-state index in [0.29, 0.717) is 16.7 Å². The third kappa shape index (κ3) is 34.8. The number of hydrogen-bond donors (Lipinski definition) is 24. The van der Waals surface area contributed by atoms with Crippen molar-refractivity contribution in [2.45, 2.75) is 287 Å². The molecule has 3 aromatic carbocycles. The van der Waals surface area contributed by atoms with Crippen molar-refractivity contribution >= 4 is 124 Å². The van der Waals surface area contributed by atoms with Gasteiger partial charge in [-0.15, -0.1) is 0 Å². The molecule has 3 fully saturated rings. The van der Waals surface area contributed by atoms with Crippen LogP contribution in [-0.4, -0.2) is 294 Å². The van der Waals surface area contributed by atoms with Gasteiger partial charge in [-0.2, -0.15) is 0 Å². The zero-order valence-electron chi connectivity index (χ0n) is 80.9. The number of amides is 19. The van der Waals surface area contributed by atoms with Crippen LogP contribution in [0.1, 0.15) is 169 Å². The van der Waals surface area contributed by atoms with E-state index in [4.69, 9.17) is 22.6 Å². The number of aliphatic hydroxyl groups is 2. The molecule has 19 amide bonds. The molecule has 3 saturated heterocycles. The van der Waals surface area contributed by atoms with E-state index < -0.39 is 288 Å². The number of aromatic amines is 1. The molecule has 141 heavy (non-hydrogen) atoms. The SMILES string of the molecule is CC[C@H](C)[C@@H]1NC(=O)[C@H](CC(N)=O)NC(=O)[C@H](Cc2ccccc2)NC(=O)[C@H](Cc2ccccc2)NC(=O)[C@H](Cc2ccccc2)NC(=O)[C@H](Cc2c[nH]cn2)NC(=O)[C@H](C(C)C)NC(=O)[C@H](C(C)C)NC(=O)[C@@H]2CCCN2C(=O)[C@H](CC(N)=O)NC(=O)[C@H](CCC(=O)O)NC(=O)[C@@H]2CCCN2C(=O)[C@H]([C@@H](C)O)NC(=O)[C@H](CCCNC(=N)N)NC(=O)[C@H](C)NC(=O)[C@H]([C@@H](C)O)NC(=O)[C@H](C(C)C)NC1=O. The van der Waals surface area contributed by atoms with Gasteiger partial charge in [-0.1, -0.05) is 153 Å². The highest BCUT2D eigenvalue weighted by Crippen LogP contribution is 2.25. The molecule has 27 N–H and O–H groups in total. The van der Waals surface area contributed by atoms with Crippen molar-refractivity contribution in [3.05, 3.63) is 126 Å². The first-order chi connectivity index (χ1) is 66.7. The van der Waals surface area contributed by atoms with Crippen LogP contribution >= 0.6 is 0 Å². The molecule has 0 spiro atoms. The Morgan fingerprint density at radius 1 is 0.411 bits per heavy atom. The summed E-state index contributed by atoms with van der Waals surface area (Å²) in [6.07, 6.45) is -5.41. The number of guanidine groups is 1. The minimum atomic E-state index is -1.91. The minimum absolute atomic E-state index is 0.0333. The number of benzene rings is 3. The minimum Gasteiger partial charge on any atom is -0.481 e. The summed E-state index contributed by atoms with van der Waals surface area (Å²) in [5.74, 6) is -25.4. The fourth-order valence-corrected chi connectivity index (χ4v) is 16.3. The van der Waals surface area contributed by atoms with Gasteiger partial charge in [-0.05, 0) is 106 Å². The summed E-state index contributed by atoms with van der Waals surface area (Å²) >= 11 is 0. The lowest BCUT2D eigenvalue weighted by Crippen LogP contribution is -2.63. The number of carbonyl (C=O) groups excluding carboxylic acids is 19. The van der Waals surface area contributed by atoms with E-state index in [1.807, 2.05) is 0 Å². The summed E-state index contributed by atoms with van der Waals surface area (Å²) in [6.45, 7) is 15.4. The second-order valence-electron chi connectivity index (χ2n) is 36.7. The van der Waals surface area contributed by atoms with Gasteiger partial charge in [-0.25, -0.2) is 4.98 Å². The van der Waals surface area contributed by atoms with Gasteiger partial charge in [0.25, 0.3) is 0 Å². The lowest BCUT2D eigenvalue weighted by Gasteiger charge is -2.32. The van der Waals surface area contributed by atoms with Gasteiger partial charge >= 0.3 is 5.97 Å². The number of nitrogens with two attached hydrogens (primary N) is 3. The van der Waals surface area contributed by atoms with Crippen LogP contribution < -0.4 is 102 Å². The molecule has 1 aromatic heterocycles. The highest BCUT2D eigenvalue weighted by atomic mass is 16.4. The molecule has 20 atom stereocenters. The van der Waals surface area contributed by atoms with E-state index in [2.05, 4.69) is 95.0 Å². The Kier molecular flexibility index (Phi) is 44.0. The van der Waals surface area contributed by atoms with Gasteiger partial charge in [0.1, 0.15) is 103 Å². The van der Waals surface area contributed by atoms with Crippen LogP contribution in [0, 0.1) is 29.1 Å². The molecule has 0 saturated carbocycles. The smallest absolute Gasteiger partial charge is 0.303 e. The van der Waals surface area contributed by atoms with Crippen LogP contribution in [0.15, 0.2) is 104 Å². The van der Waals surface area contributed by atoms with Gasteiger partial charge in [0.15, 0.2) is 5.96 Å². The average Bonchev–Trinajstić information content (AvgIpc) is 1.71. The van der Waals surface area contributed by atoms with Crippen LogP contribution in [0.3, 0.4) is 0 Å². The molecule has 3 aliphatic heterocycles. The largest absolute Gasteiger partial charge is 0.481 e. The second-order valence-corrected chi connectivity index (χ2v) is 36.7.